The van der Waals surface area contributed by atoms with Crippen LogP contribution in [0.2, 0.25) is 0 Å². The molecule has 1 heterocycles. The lowest BCUT2D eigenvalue weighted by molar-refractivity contribution is 1.17. The predicted octanol–water partition coefficient (Wildman–Crippen LogP) is 4.22. The molecule has 0 spiro atoms. The molecule has 2 nitrogen and oxygen atoms in total. The topological polar surface area (TPSA) is 28.7 Å². The Bertz CT molecular complexity index is 418. The van der Waals surface area contributed by atoms with Gasteiger partial charge in [0.2, 0.25) is 0 Å². The fraction of sp³-hybridized carbons (Fsp3) is 0.357. The van der Waals surface area contributed by atoms with Crippen LogP contribution in [0.3, 0.4) is 0 Å². The summed E-state index contributed by atoms with van der Waals surface area (Å²) in [6, 6.07) is 2.26. The van der Waals surface area contributed by atoms with Crippen molar-refractivity contribution in [2.75, 3.05) is 0 Å². The second-order valence-electron chi connectivity index (χ2n) is 4.13. The van der Waals surface area contributed by atoms with Crippen molar-refractivity contribution in [3.05, 3.63) is 52.6 Å². The molecule has 0 aliphatic rings. The molecule has 0 aliphatic carbocycles. The van der Waals surface area contributed by atoms with Crippen molar-refractivity contribution in [3.8, 4) is 0 Å². The molecule has 0 saturated heterocycles. The third-order valence-electron chi connectivity index (χ3n) is 3.06. The van der Waals surface area contributed by atoms with Crippen molar-refractivity contribution in [2.45, 2.75) is 33.0 Å². The highest BCUT2D eigenvalue weighted by atomic mass is 79.9. The van der Waals surface area contributed by atoms with E-state index in [0.717, 1.165) is 5.33 Å². The Morgan fingerprint density at radius 3 is 2.00 bits per heavy atom. The number of halogens is 1. The van der Waals surface area contributed by atoms with Crippen LogP contribution in [0.25, 0.3) is 0 Å². The summed E-state index contributed by atoms with van der Waals surface area (Å²) in [6.45, 7) is 8.73. The zero-order valence-corrected chi connectivity index (χ0v) is 12.4. The standard InChI is InChI=1S/C11H15Br.C3H4N2/c1-7-5-8(2)10(4)11(6-12)9(7)3;1-2-5-3-4-1/h5H,6H2,1-4H3;1-3H,(H,4,5). The number of rotatable bonds is 1. The quantitative estimate of drug-likeness (QED) is 0.784. The Morgan fingerprint density at radius 2 is 1.71 bits per heavy atom. The number of hydrogen-bond donors (Lipinski definition) is 1. The molecule has 0 bridgehead atoms. The first-order chi connectivity index (χ1) is 8.07. The fourth-order valence-electron chi connectivity index (χ4n) is 1.71. The van der Waals surface area contributed by atoms with Gasteiger partial charge in [-0.15, -0.1) is 0 Å². The van der Waals surface area contributed by atoms with Crippen LogP contribution in [0.1, 0.15) is 27.8 Å². The molecule has 3 heteroatoms. The number of H-pyrrole nitrogens is 1. The number of aryl methyl sites for hydroxylation is 2. The molecule has 0 fully saturated rings. The highest BCUT2D eigenvalue weighted by molar-refractivity contribution is 9.08. The van der Waals surface area contributed by atoms with Gasteiger partial charge in [0.1, 0.15) is 0 Å². The number of benzene rings is 1. The molecule has 0 radical (unpaired) electrons. The van der Waals surface area contributed by atoms with Crippen LogP contribution < -0.4 is 0 Å². The van der Waals surface area contributed by atoms with Gasteiger partial charge in [0.05, 0.1) is 6.33 Å². The molecule has 0 aliphatic heterocycles. The highest BCUT2D eigenvalue weighted by Gasteiger charge is 2.05. The molecule has 2 rings (SSSR count). The van der Waals surface area contributed by atoms with Crippen molar-refractivity contribution >= 4 is 15.9 Å². The number of nitrogens with zero attached hydrogens (tertiary/aromatic N) is 1. The van der Waals surface area contributed by atoms with Gasteiger partial charge in [0.25, 0.3) is 0 Å². The first-order valence-electron chi connectivity index (χ1n) is 5.63. The number of aromatic nitrogens is 2. The first kappa shape index (κ1) is 14.0. The zero-order valence-electron chi connectivity index (χ0n) is 10.8. The fourth-order valence-corrected chi connectivity index (χ4v) is 2.56. The third kappa shape index (κ3) is 3.70. The SMILES string of the molecule is Cc1cc(C)c(C)c(CBr)c1C.c1c[nH]cn1. The van der Waals surface area contributed by atoms with E-state index in [-0.39, 0.29) is 0 Å². The number of nitrogens with one attached hydrogen (secondary N) is 1. The molecular formula is C14H19BrN2. The van der Waals surface area contributed by atoms with E-state index in [1.165, 1.54) is 27.8 Å². The maximum atomic E-state index is 3.67. The van der Waals surface area contributed by atoms with Crippen LogP contribution in [0, 0.1) is 27.7 Å². The average Bonchev–Trinajstić information content (AvgIpc) is 2.86. The Hall–Kier alpha value is -1.09. The molecule has 1 aromatic carbocycles. The van der Waals surface area contributed by atoms with E-state index >= 15 is 0 Å². The minimum atomic E-state index is 0.965. The van der Waals surface area contributed by atoms with E-state index in [0.29, 0.717) is 0 Å². The van der Waals surface area contributed by atoms with Gasteiger partial charge < -0.3 is 4.98 Å². The van der Waals surface area contributed by atoms with Crippen molar-refractivity contribution < 1.29 is 0 Å². The van der Waals surface area contributed by atoms with Gasteiger partial charge in [-0.1, -0.05) is 22.0 Å². The summed E-state index contributed by atoms with van der Waals surface area (Å²) in [5.74, 6) is 0. The summed E-state index contributed by atoms with van der Waals surface area (Å²) in [6.07, 6.45) is 5.08. The maximum absolute atomic E-state index is 3.67. The minimum absolute atomic E-state index is 0.965. The van der Waals surface area contributed by atoms with E-state index in [1.807, 2.05) is 0 Å². The van der Waals surface area contributed by atoms with E-state index in [4.69, 9.17) is 0 Å². The Balaban J connectivity index is 0.000000239. The molecule has 0 saturated carbocycles. The molecule has 0 atom stereocenters. The van der Waals surface area contributed by atoms with Gasteiger partial charge in [-0.3, -0.25) is 0 Å². The zero-order chi connectivity index (χ0) is 12.8. The van der Waals surface area contributed by atoms with Gasteiger partial charge in [0.15, 0.2) is 0 Å². The molecule has 0 unspecified atom stereocenters. The number of hydrogen-bond acceptors (Lipinski definition) is 1. The third-order valence-corrected chi connectivity index (χ3v) is 3.62. The summed E-state index contributed by atoms with van der Waals surface area (Å²) in [4.78, 5) is 6.42. The van der Waals surface area contributed by atoms with Gasteiger partial charge in [-0.05, 0) is 55.5 Å². The number of alkyl halides is 1. The minimum Gasteiger partial charge on any atom is -0.351 e. The van der Waals surface area contributed by atoms with Crippen LogP contribution >= 0.6 is 15.9 Å². The molecule has 2 aromatic rings. The van der Waals surface area contributed by atoms with E-state index in [9.17, 15) is 0 Å². The lowest BCUT2D eigenvalue weighted by Crippen LogP contribution is -1.96. The Kier molecular flexibility index (Phi) is 5.42. The molecule has 1 N–H and O–H groups in total. The monoisotopic (exact) mass is 294 g/mol. The van der Waals surface area contributed by atoms with Crippen LogP contribution in [0.15, 0.2) is 24.8 Å². The Morgan fingerprint density at radius 1 is 1.12 bits per heavy atom. The molecule has 0 amide bonds. The summed E-state index contributed by atoms with van der Waals surface area (Å²) in [5.41, 5.74) is 7.09. The summed E-state index contributed by atoms with van der Waals surface area (Å²) < 4.78 is 0. The first-order valence-corrected chi connectivity index (χ1v) is 6.75. The molecule has 1 aromatic heterocycles. The van der Waals surface area contributed by atoms with Gasteiger partial charge in [0, 0.05) is 17.7 Å². The largest absolute Gasteiger partial charge is 0.351 e. The summed E-state index contributed by atoms with van der Waals surface area (Å²) >= 11 is 3.53. The number of imidazole rings is 1. The second-order valence-corrected chi connectivity index (χ2v) is 4.69. The van der Waals surface area contributed by atoms with E-state index < -0.39 is 0 Å². The van der Waals surface area contributed by atoms with E-state index in [2.05, 4.69) is 59.7 Å². The van der Waals surface area contributed by atoms with Gasteiger partial charge in [-0.25, -0.2) is 4.98 Å². The smallest absolute Gasteiger partial charge is 0.0919 e. The normalized spacial score (nSPS) is 9.71. The van der Waals surface area contributed by atoms with Crippen molar-refractivity contribution in [1.29, 1.82) is 0 Å². The second kappa shape index (κ2) is 6.60. The summed E-state index contributed by atoms with van der Waals surface area (Å²) in [7, 11) is 0. The van der Waals surface area contributed by atoms with Crippen LogP contribution in [-0.2, 0) is 5.33 Å². The van der Waals surface area contributed by atoms with Crippen molar-refractivity contribution in [1.82, 2.24) is 9.97 Å². The average molecular weight is 295 g/mol. The lowest BCUT2D eigenvalue weighted by Gasteiger charge is -2.12. The predicted molar refractivity (Wildman–Crippen MR) is 76.6 cm³/mol. The molecule has 92 valence electrons. The van der Waals surface area contributed by atoms with Crippen LogP contribution in [0.5, 0.6) is 0 Å². The maximum Gasteiger partial charge on any atom is 0.0919 e. The van der Waals surface area contributed by atoms with Crippen molar-refractivity contribution in [3.63, 3.8) is 0 Å². The molecular weight excluding hydrogens is 276 g/mol. The highest BCUT2D eigenvalue weighted by Crippen LogP contribution is 2.23. The molecule has 17 heavy (non-hydrogen) atoms. The van der Waals surface area contributed by atoms with Crippen LogP contribution in [-0.4, -0.2) is 9.97 Å². The van der Waals surface area contributed by atoms with E-state index in [1.54, 1.807) is 18.7 Å². The van der Waals surface area contributed by atoms with Crippen molar-refractivity contribution in [2.24, 2.45) is 0 Å². The van der Waals surface area contributed by atoms with Gasteiger partial charge >= 0.3 is 0 Å². The lowest BCUT2D eigenvalue weighted by atomic mass is 9.95. The van der Waals surface area contributed by atoms with Gasteiger partial charge in [-0.2, -0.15) is 0 Å². The van der Waals surface area contributed by atoms with Crippen LogP contribution in [0.4, 0.5) is 0 Å². The Labute approximate surface area is 112 Å². The summed E-state index contributed by atoms with van der Waals surface area (Å²) in [5, 5.41) is 0.965. The number of aromatic amines is 1.